The summed E-state index contributed by atoms with van der Waals surface area (Å²) in [6.45, 7) is 10.5. The second-order valence-electron chi connectivity index (χ2n) is 9.52. The molecule has 1 atom stereocenters. The van der Waals surface area contributed by atoms with Crippen molar-refractivity contribution in [2.45, 2.75) is 53.2 Å². The van der Waals surface area contributed by atoms with Gasteiger partial charge in [0.1, 0.15) is 16.9 Å². The zero-order valence-corrected chi connectivity index (χ0v) is 21.5. The van der Waals surface area contributed by atoms with Gasteiger partial charge in [0.25, 0.3) is 0 Å². The van der Waals surface area contributed by atoms with Gasteiger partial charge in [0, 0.05) is 30.6 Å². The topological polar surface area (TPSA) is 120 Å². The summed E-state index contributed by atoms with van der Waals surface area (Å²) in [6, 6.07) is 5.76. The van der Waals surface area contributed by atoms with E-state index in [1.807, 2.05) is 19.9 Å². The lowest BCUT2D eigenvalue weighted by Gasteiger charge is -2.22. The summed E-state index contributed by atoms with van der Waals surface area (Å²) in [5.41, 5.74) is 7.65. The fourth-order valence-corrected chi connectivity index (χ4v) is 3.83. The number of ether oxygens (including phenoxy) is 1. The lowest BCUT2D eigenvalue weighted by molar-refractivity contribution is 0.00627. The Morgan fingerprint density at radius 1 is 1.28 bits per heavy atom. The van der Waals surface area contributed by atoms with Crippen molar-refractivity contribution in [1.82, 2.24) is 4.98 Å². The molecule has 0 fully saturated rings. The number of aryl methyl sites for hydroxylation is 1. The zero-order valence-electron chi connectivity index (χ0n) is 21.5. The molecule has 190 valence electrons. The van der Waals surface area contributed by atoms with E-state index in [2.05, 4.69) is 15.3 Å². The highest BCUT2D eigenvalue weighted by Gasteiger charge is 2.25. The molecule has 0 aliphatic carbocycles. The SMILES string of the molecule is CN=C/C(=C\N)c1oc2c(C(C)Nc3ccc(F)nc3C(=O)OC(C)(C)C)cc(C)cc2c(=O)c1C. The molecule has 3 rings (SSSR count). The molecule has 0 saturated heterocycles. The summed E-state index contributed by atoms with van der Waals surface area (Å²) >= 11 is 0. The number of nitrogens with zero attached hydrogens (tertiary/aromatic N) is 2. The average Bonchev–Trinajstić information content (AvgIpc) is 2.79. The lowest BCUT2D eigenvalue weighted by Crippen LogP contribution is -2.25. The fraction of sp³-hybridized carbons (Fsp3) is 0.333. The first-order valence-electron chi connectivity index (χ1n) is 11.4. The predicted octanol–water partition coefficient (Wildman–Crippen LogP) is 5.07. The first-order valence-corrected chi connectivity index (χ1v) is 11.4. The number of rotatable bonds is 6. The van der Waals surface area contributed by atoms with Crippen molar-refractivity contribution < 1.29 is 18.3 Å². The number of anilines is 1. The second kappa shape index (κ2) is 10.3. The number of hydrogen-bond donors (Lipinski definition) is 2. The van der Waals surface area contributed by atoms with Crippen LogP contribution in [0, 0.1) is 19.8 Å². The van der Waals surface area contributed by atoms with Crippen LogP contribution in [0.1, 0.15) is 66.7 Å². The number of carbonyl (C=O) groups excluding carboxylic acids is 1. The first kappa shape index (κ1) is 26.6. The Labute approximate surface area is 209 Å². The number of aromatic nitrogens is 1. The number of pyridine rings is 1. The van der Waals surface area contributed by atoms with Crippen LogP contribution in [0.15, 0.2) is 44.7 Å². The van der Waals surface area contributed by atoms with E-state index >= 15 is 0 Å². The number of esters is 1. The van der Waals surface area contributed by atoms with Gasteiger partial charge < -0.3 is 20.2 Å². The van der Waals surface area contributed by atoms with Gasteiger partial charge in [0.05, 0.1) is 22.7 Å². The van der Waals surface area contributed by atoms with Gasteiger partial charge in [0.2, 0.25) is 5.95 Å². The van der Waals surface area contributed by atoms with Crippen molar-refractivity contribution in [2.24, 2.45) is 10.7 Å². The minimum absolute atomic E-state index is 0.181. The van der Waals surface area contributed by atoms with E-state index in [0.29, 0.717) is 33.4 Å². The normalized spacial score (nSPS) is 13.3. The van der Waals surface area contributed by atoms with Gasteiger partial charge in [-0.15, -0.1) is 0 Å². The highest BCUT2D eigenvalue weighted by molar-refractivity contribution is 6.09. The Kier molecular flexibility index (Phi) is 7.62. The van der Waals surface area contributed by atoms with Crippen LogP contribution in [0.25, 0.3) is 16.5 Å². The minimum Gasteiger partial charge on any atom is -0.455 e. The Bertz CT molecular complexity index is 1430. The number of halogens is 1. The van der Waals surface area contributed by atoms with Gasteiger partial charge in [-0.2, -0.15) is 4.39 Å². The smallest absolute Gasteiger partial charge is 0.359 e. The number of fused-ring (bicyclic) bond motifs is 1. The van der Waals surface area contributed by atoms with Crippen molar-refractivity contribution in [2.75, 3.05) is 12.4 Å². The van der Waals surface area contributed by atoms with Crippen LogP contribution in [-0.4, -0.2) is 29.8 Å². The number of nitrogens with one attached hydrogen (secondary N) is 1. The highest BCUT2D eigenvalue weighted by Crippen LogP contribution is 2.31. The average molecular weight is 495 g/mol. The Morgan fingerprint density at radius 3 is 2.58 bits per heavy atom. The summed E-state index contributed by atoms with van der Waals surface area (Å²) in [6.07, 6.45) is 2.85. The molecule has 0 aliphatic rings. The van der Waals surface area contributed by atoms with Crippen LogP contribution in [0.3, 0.4) is 0 Å². The zero-order chi connectivity index (χ0) is 26.8. The molecular formula is C27H31FN4O4. The summed E-state index contributed by atoms with van der Waals surface area (Å²) in [5.74, 6) is -1.25. The monoisotopic (exact) mass is 494 g/mol. The summed E-state index contributed by atoms with van der Waals surface area (Å²) in [5, 5.41) is 3.62. The number of carbonyl (C=O) groups is 1. The summed E-state index contributed by atoms with van der Waals surface area (Å²) in [7, 11) is 1.59. The van der Waals surface area contributed by atoms with Crippen molar-refractivity contribution in [1.29, 1.82) is 0 Å². The van der Waals surface area contributed by atoms with Crippen molar-refractivity contribution in [3.8, 4) is 0 Å². The maximum absolute atomic E-state index is 13.9. The van der Waals surface area contributed by atoms with Crippen LogP contribution < -0.4 is 16.5 Å². The molecule has 0 amide bonds. The number of nitrogens with two attached hydrogens (primary N) is 1. The van der Waals surface area contributed by atoms with Gasteiger partial charge in [-0.05, 0) is 65.3 Å². The molecule has 3 aromatic rings. The molecule has 1 unspecified atom stereocenters. The third-order valence-corrected chi connectivity index (χ3v) is 5.39. The fourth-order valence-electron chi connectivity index (χ4n) is 3.83. The van der Waals surface area contributed by atoms with Gasteiger partial charge in [-0.1, -0.05) is 6.07 Å². The Balaban J connectivity index is 2.16. The van der Waals surface area contributed by atoms with Crippen LogP contribution >= 0.6 is 0 Å². The molecule has 0 aliphatic heterocycles. The molecule has 1 aromatic carbocycles. The maximum atomic E-state index is 13.9. The molecule has 0 saturated carbocycles. The molecule has 2 heterocycles. The number of allylic oxidation sites excluding steroid dienone is 1. The second-order valence-corrected chi connectivity index (χ2v) is 9.52. The maximum Gasteiger partial charge on any atom is 0.359 e. The van der Waals surface area contributed by atoms with E-state index in [0.717, 1.165) is 11.6 Å². The third-order valence-electron chi connectivity index (χ3n) is 5.39. The standard InChI is InChI=1S/C27H31FN4O4/c1-14-10-18(25-19(11-14)23(33)15(2)24(35-25)17(12-29)13-30-7)16(3)31-20-8-9-21(28)32-22(20)26(34)36-27(4,5)6/h8-13,16,31H,29H2,1-7H3/b17-12+,30-13?. The number of aliphatic imine (C=N–C) groups is 1. The third kappa shape index (κ3) is 5.62. The summed E-state index contributed by atoms with van der Waals surface area (Å²) < 4.78 is 25.6. The van der Waals surface area contributed by atoms with Gasteiger partial charge in [-0.25, -0.2) is 9.78 Å². The molecule has 3 N–H and O–H groups in total. The van der Waals surface area contributed by atoms with E-state index in [4.69, 9.17) is 14.9 Å². The van der Waals surface area contributed by atoms with Crippen molar-refractivity contribution in [3.05, 3.63) is 74.8 Å². The molecule has 2 aromatic heterocycles. The number of benzene rings is 1. The van der Waals surface area contributed by atoms with Gasteiger partial charge in [-0.3, -0.25) is 9.79 Å². The van der Waals surface area contributed by atoms with E-state index in [1.165, 1.54) is 18.5 Å². The van der Waals surface area contributed by atoms with Crippen LogP contribution in [0.4, 0.5) is 10.1 Å². The van der Waals surface area contributed by atoms with Crippen LogP contribution in [0.5, 0.6) is 0 Å². The van der Waals surface area contributed by atoms with Crippen LogP contribution in [0.2, 0.25) is 0 Å². The van der Waals surface area contributed by atoms with E-state index in [9.17, 15) is 14.0 Å². The van der Waals surface area contributed by atoms with E-state index in [1.54, 1.807) is 40.8 Å². The van der Waals surface area contributed by atoms with E-state index in [-0.39, 0.29) is 16.8 Å². The van der Waals surface area contributed by atoms with Gasteiger partial charge >= 0.3 is 5.97 Å². The quantitative estimate of drug-likeness (QED) is 0.279. The van der Waals surface area contributed by atoms with Gasteiger partial charge in [0.15, 0.2) is 11.1 Å². The van der Waals surface area contributed by atoms with Crippen molar-refractivity contribution >= 4 is 34.4 Å². The lowest BCUT2D eigenvalue weighted by atomic mass is 9.99. The van der Waals surface area contributed by atoms with Crippen molar-refractivity contribution in [3.63, 3.8) is 0 Å². The molecule has 0 radical (unpaired) electrons. The minimum atomic E-state index is -0.806. The first-order chi connectivity index (χ1) is 16.9. The van der Waals surface area contributed by atoms with Crippen LogP contribution in [-0.2, 0) is 4.74 Å². The highest BCUT2D eigenvalue weighted by atomic mass is 19.1. The van der Waals surface area contributed by atoms with E-state index < -0.39 is 23.6 Å². The summed E-state index contributed by atoms with van der Waals surface area (Å²) in [4.78, 5) is 33.8. The molecule has 0 bridgehead atoms. The molecule has 9 heteroatoms. The Hall–Kier alpha value is -4.01. The molecule has 36 heavy (non-hydrogen) atoms. The Morgan fingerprint density at radius 2 is 1.97 bits per heavy atom. The molecule has 8 nitrogen and oxygen atoms in total. The predicted molar refractivity (Wildman–Crippen MR) is 140 cm³/mol. The molecule has 0 spiro atoms. The number of hydrogen-bond acceptors (Lipinski definition) is 8. The largest absolute Gasteiger partial charge is 0.455 e. The molecular weight excluding hydrogens is 463 g/mol.